The molecule has 0 unspecified atom stereocenters. The van der Waals surface area contributed by atoms with Gasteiger partial charge in [0.15, 0.2) is 0 Å². The molecule has 0 saturated heterocycles. The zero-order valence-electron chi connectivity index (χ0n) is 25.4. The first-order valence-electron chi connectivity index (χ1n) is 15.7. The van der Waals surface area contributed by atoms with Gasteiger partial charge in [0, 0.05) is 23.3 Å². The van der Waals surface area contributed by atoms with Gasteiger partial charge in [-0.3, -0.25) is 37.9 Å². The van der Waals surface area contributed by atoms with Crippen molar-refractivity contribution in [2.45, 2.75) is 76.3 Å². The van der Waals surface area contributed by atoms with E-state index in [1.165, 1.54) is 30.3 Å². The Labute approximate surface area is 265 Å². The van der Waals surface area contributed by atoms with Crippen molar-refractivity contribution in [3.8, 4) is 0 Å². The largest absolute Gasteiger partial charge is 0.355 e. The second kappa shape index (κ2) is 13.0. The van der Waals surface area contributed by atoms with E-state index in [4.69, 9.17) is 0 Å². The normalized spacial score (nSPS) is 15.7. The molecule has 4 aromatic rings. The molecule has 0 amide bonds. The molecule has 0 spiro atoms. The maximum atomic E-state index is 13.5. The second-order valence-corrected chi connectivity index (χ2v) is 11.9. The summed E-state index contributed by atoms with van der Waals surface area (Å²) < 4.78 is 2.63. The number of para-hydroxylation sites is 1. The summed E-state index contributed by atoms with van der Waals surface area (Å²) in [6.07, 6.45) is 7.70. The van der Waals surface area contributed by atoms with Gasteiger partial charge in [0.05, 0.1) is 11.3 Å². The molecule has 15 nitrogen and oxygen atoms in total. The van der Waals surface area contributed by atoms with Gasteiger partial charge in [-0.15, -0.1) is 0 Å². The first kappa shape index (κ1) is 31.4. The summed E-state index contributed by atoms with van der Waals surface area (Å²) in [6.45, 7) is 0. The van der Waals surface area contributed by atoms with Gasteiger partial charge in [-0.25, -0.2) is 19.8 Å². The van der Waals surface area contributed by atoms with Gasteiger partial charge in [0.2, 0.25) is 0 Å². The number of benzene rings is 2. The predicted octanol–water partition coefficient (Wildman–Crippen LogP) is 1.84. The van der Waals surface area contributed by atoms with Crippen molar-refractivity contribution in [2.24, 2.45) is 0 Å². The molecule has 0 bridgehead atoms. The molecule has 2 aromatic heterocycles. The van der Waals surface area contributed by atoms with Gasteiger partial charge in [-0.05, 0) is 62.1 Å². The molecule has 0 atom stereocenters. The van der Waals surface area contributed by atoms with Crippen LogP contribution in [-0.4, -0.2) is 40.5 Å². The lowest BCUT2D eigenvalue weighted by atomic mass is 9.95. The number of hydrogen-bond acceptors (Lipinski definition) is 9. The van der Waals surface area contributed by atoms with Crippen LogP contribution in [0.1, 0.15) is 97.0 Å². The number of carbonyl (C=O) groups is 2. The third-order valence-electron chi connectivity index (χ3n) is 8.92. The van der Waals surface area contributed by atoms with Crippen molar-refractivity contribution in [3.63, 3.8) is 0 Å². The number of hydrogen-bond donors (Lipinski definition) is 3. The van der Waals surface area contributed by atoms with Crippen LogP contribution in [0.5, 0.6) is 0 Å². The Hall–Kier alpha value is -5.60. The molecule has 0 aliphatic heterocycles. The van der Waals surface area contributed by atoms with Crippen molar-refractivity contribution in [1.29, 1.82) is 0 Å². The summed E-state index contributed by atoms with van der Waals surface area (Å²) in [6, 6.07) is 11.0. The summed E-state index contributed by atoms with van der Waals surface area (Å²) in [5.74, 6) is -1.84. The molecule has 2 aromatic carbocycles. The van der Waals surface area contributed by atoms with Crippen LogP contribution in [0.2, 0.25) is 0 Å². The molecular weight excluding hydrogens is 610 g/mol. The molecule has 2 aliphatic carbocycles. The average Bonchev–Trinajstić information content (AvgIpc) is 3.09. The highest BCUT2D eigenvalue weighted by molar-refractivity contribution is 6.01. The van der Waals surface area contributed by atoms with Gasteiger partial charge in [0.1, 0.15) is 0 Å². The number of H-pyrrole nitrogens is 2. The maximum absolute atomic E-state index is 13.5. The highest BCUT2D eigenvalue weighted by atomic mass is 16.2. The van der Waals surface area contributed by atoms with Crippen LogP contribution in [0.4, 0.5) is 11.4 Å². The van der Waals surface area contributed by atoms with Crippen LogP contribution in [0, 0.1) is 0 Å². The fraction of sp³-hybridized carbons (Fsp3) is 0.375. The molecule has 3 N–H and O–H groups in total. The van der Waals surface area contributed by atoms with Crippen molar-refractivity contribution in [1.82, 2.24) is 28.7 Å². The minimum absolute atomic E-state index is 0.00450. The SMILES string of the molecule is O=C(c1ccc(Nc2ccccc2C(=O)n2[nH]c(=O)n(C3CCCCC3)c(=O)c2=O)cc1)n1[nH]c(=O)n(C2CCCCC2)c(=O)c1=O. The van der Waals surface area contributed by atoms with Crippen LogP contribution in [0.3, 0.4) is 0 Å². The smallest absolute Gasteiger partial charge is 0.344 e. The minimum Gasteiger partial charge on any atom is -0.355 e. The van der Waals surface area contributed by atoms with E-state index >= 15 is 0 Å². The van der Waals surface area contributed by atoms with Crippen LogP contribution in [0.15, 0.2) is 77.3 Å². The Bertz CT molecular complexity index is 2210. The quantitative estimate of drug-likeness (QED) is 0.262. The topological polar surface area (TPSA) is 200 Å². The maximum Gasteiger partial charge on any atom is 0.344 e. The van der Waals surface area contributed by atoms with E-state index in [0.29, 0.717) is 40.7 Å². The lowest BCUT2D eigenvalue weighted by molar-refractivity contribution is 0.0927. The zero-order valence-corrected chi connectivity index (χ0v) is 25.4. The first-order chi connectivity index (χ1) is 22.7. The van der Waals surface area contributed by atoms with E-state index in [9.17, 15) is 38.4 Å². The Morgan fingerprint density at radius 2 is 1.04 bits per heavy atom. The van der Waals surface area contributed by atoms with Gasteiger partial charge >= 0.3 is 33.6 Å². The Morgan fingerprint density at radius 1 is 0.574 bits per heavy atom. The van der Waals surface area contributed by atoms with Crippen molar-refractivity contribution in [3.05, 3.63) is 122 Å². The molecule has 2 aliphatic rings. The number of carbonyl (C=O) groups excluding carboxylic acids is 2. The summed E-state index contributed by atoms with van der Waals surface area (Å²) in [5, 5.41) is 7.51. The monoisotopic (exact) mass is 643 g/mol. The van der Waals surface area contributed by atoms with Crippen LogP contribution >= 0.6 is 0 Å². The summed E-state index contributed by atoms with van der Waals surface area (Å²) in [7, 11) is 0. The first-order valence-corrected chi connectivity index (χ1v) is 15.7. The fourth-order valence-corrected chi connectivity index (χ4v) is 6.49. The predicted molar refractivity (Wildman–Crippen MR) is 171 cm³/mol. The van der Waals surface area contributed by atoms with Gasteiger partial charge < -0.3 is 5.32 Å². The zero-order chi connectivity index (χ0) is 33.2. The molecule has 6 rings (SSSR count). The lowest BCUT2D eigenvalue weighted by Crippen LogP contribution is -2.53. The van der Waals surface area contributed by atoms with E-state index in [1.54, 1.807) is 18.2 Å². The highest BCUT2D eigenvalue weighted by Gasteiger charge is 2.25. The van der Waals surface area contributed by atoms with E-state index in [0.717, 1.165) is 47.7 Å². The number of aromatic amines is 2. The molecule has 15 heteroatoms. The molecule has 47 heavy (non-hydrogen) atoms. The molecule has 2 heterocycles. The fourth-order valence-electron chi connectivity index (χ4n) is 6.49. The molecule has 0 radical (unpaired) electrons. The minimum atomic E-state index is -1.17. The van der Waals surface area contributed by atoms with E-state index in [1.807, 2.05) is 0 Å². The molecule has 2 saturated carbocycles. The number of rotatable bonds is 6. The summed E-state index contributed by atoms with van der Waals surface area (Å²) >= 11 is 0. The third kappa shape index (κ3) is 6.03. The van der Waals surface area contributed by atoms with Crippen molar-refractivity contribution >= 4 is 23.2 Å². The Balaban J connectivity index is 1.24. The van der Waals surface area contributed by atoms with E-state index in [-0.39, 0.29) is 16.8 Å². The van der Waals surface area contributed by atoms with Crippen LogP contribution in [0.25, 0.3) is 0 Å². The van der Waals surface area contributed by atoms with Crippen molar-refractivity contribution in [2.75, 3.05) is 5.32 Å². The standard InChI is InChI=1S/C32H33N7O8/c40-25(38-29(44)27(42)36(31(46)34-38)21-9-3-1-4-10-21)19-15-17-20(18-16-19)33-24-14-8-7-13-23(24)26(41)39-30(45)28(43)37(32(47)35-39)22-11-5-2-6-12-22/h7-8,13-18,21-22,33H,1-6,9-12H2,(H,34,46)(H,35,47). The van der Waals surface area contributed by atoms with Crippen LogP contribution < -0.4 is 38.9 Å². The van der Waals surface area contributed by atoms with Crippen molar-refractivity contribution < 1.29 is 9.59 Å². The average molecular weight is 644 g/mol. The van der Waals surface area contributed by atoms with Gasteiger partial charge in [-0.2, -0.15) is 9.36 Å². The molecular formula is C32H33N7O8. The van der Waals surface area contributed by atoms with Gasteiger partial charge in [-0.1, -0.05) is 50.7 Å². The van der Waals surface area contributed by atoms with E-state index in [2.05, 4.69) is 15.5 Å². The molecule has 244 valence electrons. The number of nitrogens with zero attached hydrogens (tertiary/aromatic N) is 4. The number of anilines is 2. The number of aromatic nitrogens is 6. The van der Waals surface area contributed by atoms with E-state index < -0.39 is 57.5 Å². The summed E-state index contributed by atoms with van der Waals surface area (Å²) in [4.78, 5) is 104. The molecule has 2 fully saturated rings. The highest BCUT2D eigenvalue weighted by Crippen LogP contribution is 2.27. The Morgan fingerprint density at radius 3 is 1.55 bits per heavy atom. The lowest BCUT2D eigenvalue weighted by Gasteiger charge is -2.22. The van der Waals surface area contributed by atoms with Gasteiger partial charge in [0.25, 0.3) is 11.8 Å². The Kier molecular flexibility index (Phi) is 8.70. The summed E-state index contributed by atoms with van der Waals surface area (Å²) in [5.41, 5.74) is -5.53. The van der Waals surface area contributed by atoms with Crippen LogP contribution in [-0.2, 0) is 0 Å². The third-order valence-corrected chi connectivity index (χ3v) is 8.92. The number of nitrogens with one attached hydrogen (secondary N) is 3. The second-order valence-electron chi connectivity index (χ2n) is 11.9.